The Hall–Kier alpha value is -2.95. The number of hydrogen-bond acceptors (Lipinski definition) is 4. The lowest BCUT2D eigenvalue weighted by Gasteiger charge is -2.27. The minimum atomic E-state index is -0.0945. The highest BCUT2D eigenvalue weighted by atomic mass is 79.9. The average molecular weight is 478 g/mol. The quantitative estimate of drug-likeness (QED) is 0.564. The summed E-state index contributed by atoms with van der Waals surface area (Å²) in [6.45, 7) is 2.56. The summed E-state index contributed by atoms with van der Waals surface area (Å²) in [7, 11) is 5.48. The molecule has 1 aromatic carbocycles. The zero-order chi connectivity index (χ0) is 22.1. The van der Waals surface area contributed by atoms with Crippen molar-refractivity contribution in [3.8, 4) is 6.07 Å². The van der Waals surface area contributed by atoms with E-state index in [1.165, 1.54) is 10.6 Å². The van der Waals surface area contributed by atoms with E-state index in [0.717, 1.165) is 52.7 Å². The van der Waals surface area contributed by atoms with E-state index in [4.69, 9.17) is 0 Å². The molecule has 2 aromatic heterocycles. The van der Waals surface area contributed by atoms with Crippen LogP contribution in [0.2, 0.25) is 0 Å². The second-order valence-electron chi connectivity index (χ2n) is 8.01. The minimum absolute atomic E-state index is 0.0945. The number of amides is 1. The van der Waals surface area contributed by atoms with Gasteiger partial charge in [-0.25, -0.2) is 4.98 Å². The maximum absolute atomic E-state index is 12.2. The predicted octanol–water partition coefficient (Wildman–Crippen LogP) is 4.20. The molecule has 0 radical (unpaired) electrons. The van der Waals surface area contributed by atoms with Crippen molar-refractivity contribution in [1.29, 1.82) is 5.26 Å². The van der Waals surface area contributed by atoms with Crippen LogP contribution in [0.3, 0.4) is 0 Å². The van der Waals surface area contributed by atoms with E-state index < -0.39 is 0 Å². The summed E-state index contributed by atoms with van der Waals surface area (Å²) in [5.74, 6) is -0.0945. The van der Waals surface area contributed by atoms with E-state index in [1.54, 1.807) is 20.2 Å². The van der Waals surface area contributed by atoms with Crippen molar-refractivity contribution in [2.75, 3.05) is 27.2 Å². The van der Waals surface area contributed by atoms with Gasteiger partial charge in [-0.05, 0) is 57.8 Å². The Bertz CT molecular complexity index is 1230. The van der Waals surface area contributed by atoms with Gasteiger partial charge < -0.3 is 9.47 Å². The first-order valence-corrected chi connectivity index (χ1v) is 10.9. The Morgan fingerprint density at radius 1 is 1.29 bits per heavy atom. The molecule has 1 aliphatic heterocycles. The number of rotatable bonds is 4. The Labute approximate surface area is 190 Å². The highest BCUT2D eigenvalue weighted by Crippen LogP contribution is 2.29. The van der Waals surface area contributed by atoms with E-state index >= 15 is 0 Å². The van der Waals surface area contributed by atoms with Gasteiger partial charge >= 0.3 is 0 Å². The molecule has 7 heteroatoms. The van der Waals surface area contributed by atoms with Gasteiger partial charge in [0, 0.05) is 68.1 Å². The molecule has 0 aliphatic carbocycles. The van der Waals surface area contributed by atoms with Crippen LogP contribution in [-0.4, -0.2) is 52.4 Å². The zero-order valence-corrected chi connectivity index (χ0v) is 19.5. The summed E-state index contributed by atoms with van der Waals surface area (Å²) < 4.78 is 3.20. The first-order valence-electron chi connectivity index (χ1n) is 10.2. The first-order chi connectivity index (χ1) is 14.9. The van der Waals surface area contributed by atoms with Crippen molar-refractivity contribution in [2.24, 2.45) is 7.05 Å². The molecule has 0 bridgehead atoms. The molecule has 31 heavy (non-hydrogen) atoms. The van der Waals surface area contributed by atoms with Crippen LogP contribution in [0.15, 0.2) is 47.1 Å². The van der Waals surface area contributed by atoms with Crippen molar-refractivity contribution < 1.29 is 4.79 Å². The summed E-state index contributed by atoms with van der Waals surface area (Å²) in [6, 6.07) is 11.8. The molecule has 0 saturated carbocycles. The number of halogens is 1. The van der Waals surface area contributed by atoms with Crippen molar-refractivity contribution >= 4 is 38.4 Å². The van der Waals surface area contributed by atoms with Crippen LogP contribution < -0.4 is 0 Å². The van der Waals surface area contributed by atoms with E-state index in [-0.39, 0.29) is 5.91 Å². The lowest BCUT2D eigenvalue weighted by atomic mass is 9.93. The maximum atomic E-state index is 12.2. The van der Waals surface area contributed by atoms with Crippen LogP contribution in [0, 0.1) is 11.3 Å². The standard InChI is InChI=1S/C24H24BrN5O/c1-28(2)24(31)17-4-5-20(18(12-17)14-26)16-7-10-30(11-8-16)15-19-13-21-22(25)6-9-27-23(21)29(19)3/h4-7,9,12-13H,8,10-11,15H2,1-3H3. The summed E-state index contributed by atoms with van der Waals surface area (Å²) in [5.41, 5.74) is 5.38. The van der Waals surface area contributed by atoms with Crippen LogP contribution in [0.1, 0.15) is 33.6 Å². The second kappa shape index (κ2) is 8.66. The number of carbonyl (C=O) groups is 1. The van der Waals surface area contributed by atoms with E-state index in [9.17, 15) is 10.1 Å². The third-order valence-electron chi connectivity index (χ3n) is 5.79. The van der Waals surface area contributed by atoms with Gasteiger partial charge in [0.1, 0.15) is 5.65 Å². The number of fused-ring (bicyclic) bond motifs is 1. The van der Waals surface area contributed by atoms with Gasteiger partial charge in [-0.1, -0.05) is 12.1 Å². The van der Waals surface area contributed by atoms with Crippen LogP contribution in [0.4, 0.5) is 0 Å². The number of nitriles is 1. The Morgan fingerprint density at radius 2 is 2.10 bits per heavy atom. The molecule has 0 atom stereocenters. The van der Waals surface area contributed by atoms with Gasteiger partial charge in [-0.15, -0.1) is 0 Å². The number of nitrogens with zero attached hydrogens (tertiary/aromatic N) is 5. The van der Waals surface area contributed by atoms with E-state index in [1.807, 2.05) is 24.4 Å². The monoisotopic (exact) mass is 477 g/mol. The number of aryl methyl sites for hydroxylation is 1. The van der Waals surface area contributed by atoms with Gasteiger partial charge in [0.15, 0.2) is 0 Å². The molecule has 6 nitrogen and oxygen atoms in total. The normalized spacial score (nSPS) is 14.4. The molecule has 0 fully saturated rings. The second-order valence-corrected chi connectivity index (χ2v) is 8.87. The fraction of sp³-hybridized carbons (Fsp3) is 0.292. The molecule has 0 spiro atoms. The maximum Gasteiger partial charge on any atom is 0.253 e. The number of benzene rings is 1. The van der Waals surface area contributed by atoms with Crippen molar-refractivity contribution in [3.63, 3.8) is 0 Å². The number of carbonyl (C=O) groups excluding carboxylic acids is 1. The molecule has 0 saturated heterocycles. The molecule has 158 valence electrons. The van der Waals surface area contributed by atoms with Crippen LogP contribution in [0.5, 0.6) is 0 Å². The summed E-state index contributed by atoms with van der Waals surface area (Å²) in [6.07, 6.45) is 4.88. The molecule has 0 N–H and O–H groups in total. The fourth-order valence-corrected chi connectivity index (χ4v) is 4.44. The van der Waals surface area contributed by atoms with Gasteiger partial charge in [-0.2, -0.15) is 5.26 Å². The van der Waals surface area contributed by atoms with E-state index in [0.29, 0.717) is 11.1 Å². The van der Waals surface area contributed by atoms with Gasteiger partial charge in [0.05, 0.1) is 11.6 Å². The van der Waals surface area contributed by atoms with Crippen molar-refractivity contribution in [1.82, 2.24) is 19.4 Å². The predicted molar refractivity (Wildman–Crippen MR) is 125 cm³/mol. The molecule has 1 amide bonds. The van der Waals surface area contributed by atoms with Crippen molar-refractivity contribution in [2.45, 2.75) is 13.0 Å². The summed E-state index contributed by atoms with van der Waals surface area (Å²) in [4.78, 5) is 20.6. The smallest absolute Gasteiger partial charge is 0.253 e. The van der Waals surface area contributed by atoms with Crippen LogP contribution in [0.25, 0.3) is 16.6 Å². The average Bonchev–Trinajstić information content (AvgIpc) is 3.10. The Balaban J connectivity index is 1.52. The van der Waals surface area contributed by atoms with Crippen LogP contribution in [-0.2, 0) is 13.6 Å². The lowest BCUT2D eigenvalue weighted by molar-refractivity contribution is 0.0827. The molecule has 1 aliphatic rings. The minimum Gasteiger partial charge on any atom is -0.345 e. The molecule has 3 heterocycles. The fourth-order valence-electron chi connectivity index (χ4n) is 4.03. The number of aromatic nitrogens is 2. The summed E-state index contributed by atoms with van der Waals surface area (Å²) >= 11 is 3.61. The summed E-state index contributed by atoms with van der Waals surface area (Å²) in [5, 5.41) is 10.8. The first kappa shape index (κ1) is 21.3. The Kier molecular flexibility index (Phi) is 5.94. The molecular weight excluding hydrogens is 454 g/mol. The molecule has 4 rings (SSSR count). The van der Waals surface area contributed by atoms with E-state index in [2.05, 4.69) is 55.6 Å². The zero-order valence-electron chi connectivity index (χ0n) is 17.9. The topological polar surface area (TPSA) is 65.2 Å². The molecular formula is C24H24BrN5O. The number of hydrogen-bond donors (Lipinski definition) is 0. The SMILES string of the molecule is CN(C)C(=O)c1ccc(C2=CCN(Cc3cc4c(Br)ccnc4n3C)CC2)c(C#N)c1. The van der Waals surface area contributed by atoms with Crippen LogP contribution >= 0.6 is 15.9 Å². The molecule has 0 unspecified atom stereocenters. The lowest BCUT2D eigenvalue weighted by Crippen LogP contribution is -2.29. The van der Waals surface area contributed by atoms with Gasteiger partial charge in [-0.3, -0.25) is 9.69 Å². The third-order valence-corrected chi connectivity index (χ3v) is 6.48. The van der Waals surface area contributed by atoms with Gasteiger partial charge in [0.2, 0.25) is 0 Å². The van der Waals surface area contributed by atoms with Crippen molar-refractivity contribution in [3.05, 3.63) is 69.5 Å². The van der Waals surface area contributed by atoms with Gasteiger partial charge in [0.25, 0.3) is 5.91 Å². The highest BCUT2D eigenvalue weighted by molar-refractivity contribution is 9.10. The third kappa shape index (κ3) is 4.14. The Morgan fingerprint density at radius 3 is 2.74 bits per heavy atom. The highest BCUT2D eigenvalue weighted by Gasteiger charge is 2.19. The largest absolute Gasteiger partial charge is 0.345 e. The number of pyridine rings is 1. The molecule has 3 aromatic rings.